The van der Waals surface area contributed by atoms with Gasteiger partial charge in [-0.1, -0.05) is 19.3 Å². The maximum atomic E-state index is 12.1. The van der Waals surface area contributed by atoms with Crippen LogP contribution in [-0.4, -0.2) is 16.9 Å². The number of nitro benzene ring substituents is 1. The van der Waals surface area contributed by atoms with Crippen LogP contribution in [0.4, 0.5) is 5.69 Å². The summed E-state index contributed by atoms with van der Waals surface area (Å²) in [5, 5.41) is 13.4. The van der Waals surface area contributed by atoms with E-state index in [0.717, 1.165) is 6.42 Å². The molecule has 1 atom stereocenters. The highest BCUT2D eigenvalue weighted by Crippen LogP contribution is 2.19. The molecule has 0 bridgehead atoms. The Balaban J connectivity index is 2.96. The number of nitrogens with zero attached hydrogens (tertiary/aromatic N) is 1. The zero-order valence-corrected chi connectivity index (χ0v) is 12.5. The molecule has 1 N–H and O–H groups in total. The Labute approximate surface area is 125 Å². The zero-order chi connectivity index (χ0) is 14.4. The number of hydrogen-bond acceptors (Lipinski definition) is 3. The fourth-order valence-electron chi connectivity index (χ4n) is 1.52. The van der Waals surface area contributed by atoms with E-state index in [1.165, 1.54) is 18.2 Å². The first-order valence-corrected chi connectivity index (χ1v) is 6.78. The SMILES string of the molecule is C#CC(CCC)NC(=O)c1cc([N+](=O)[O-])ccc1I. The van der Waals surface area contributed by atoms with Crippen molar-refractivity contribution in [1.82, 2.24) is 5.32 Å². The summed E-state index contributed by atoms with van der Waals surface area (Å²) in [6, 6.07) is 3.81. The number of nitrogens with one attached hydrogen (secondary N) is 1. The van der Waals surface area contributed by atoms with Gasteiger partial charge in [0.1, 0.15) is 0 Å². The van der Waals surface area contributed by atoms with Crippen molar-refractivity contribution in [3.63, 3.8) is 0 Å². The van der Waals surface area contributed by atoms with Crippen LogP contribution >= 0.6 is 22.6 Å². The van der Waals surface area contributed by atoms with Crippen LogP contribution in [0, 0.1) is 26.0 Å². The lowest BCUT2D eigenvalue weighted by Crippen LogP contribution is -2.34. The van der Waals surface area contributed by atoms with Crippen molar-refractivity contribution in [3.8, 4) is 12.3 Å². The number of nitro groups is 1. The number of benzene rings is 1. The van der Waals surface area contributed by atoms with Gasteiger partial charge in [0.25, 0.3) is 11.6 Å². The minimum Gasteiger partial charge on any atom is -0.338 e. The molecule has 5 nitrogen and oxygen atoms in total. The van der Waals surface area contributed by atoms with E-state index in [4.69, 9.17) is 6.42 Å². The second kappa shape index (κ2) is 7.09. The van der Waals surface area contributed by atoms with Gasteiger partial charge in [0, 0.05) is 15.7 Å². The number of carbonyl (C=O) groups excluding carboxylic acids is 1. The lowest BCUT2D eigenvalue weighted by atomic mass is 10.1. The van der Waals surface area contributed by atoms with Crippen molar-refractivity contribution in [2.45, 2.75) is 25.8 Å². The second-order valence-electron chi connectivity index (χ2n) is 3.90. The first-order valence-electron chi connectivity index (χ1n) is 5.70. The van der Waals surface area contributed by atoms with Gasteiger partial charge in [-0.05, 0) is 35.1 Å². The second-order valence-corrected chi connectivity index (χ2v) is 5.06. The maximum absolute atomic E-state index is 12.1. The highest BCUT2D eigenvalue weighted by Gasteiger charge is 2.17. The first-order chi connectivity index (χ1) is 8.99. The normalized spacial score (nSPS) is 11.4. The lowest BCUT2D eigenvalue weighted by molar-refractivity contribution is -0.384. The van der Waals surface area contributed by atoms with Crippen molar-refractivity contribution in [2.75, 3.05) is 0 Å². The summed E-state index contributed by atoms with van der Waals surface area (Å²) in [5.41, 5.74) is 0.157. The van der Waals surface area contributed by atoms with Crippen molar-refractivity contribution in [2.24, 2.45) is 0 Å². The molecule has 1 rings (SSSR count). The molecule has 6 heteroatoms. The van der Waals surface area contributed by atoms with E-state index in [9.17, 15) is 14.9 Å². The van der Waals surface area contributed by atoms with E-state index < -0.39 is 4.92 Å². The monoisotopic (exact) mass is 372 g/mol. The zero-order valence-electron chi connectivity index (χ0n) is 10.4. The Morgan fingerprint density at radius 3 is 2.84 bits per heavy atom. The highest BCUT2D eigenvalue weighted by atomic mass is 127. The molecule has 0 aromatic heterocycles. The smallest absolute Gasteiger partial charge is 0.270 e. The molecule has 0 aliphatic heterocycles. The fourth-order valence-corrected chi connectivity index (χ4v) is 2.10. The van der Waals surface area contributed by atoms with Crippen LogP contribution in [0.1, 0.15) is 30.1 Å². The van der Waals surface area contributed by atoms with Gasteiger partial charge in [0.15, 0.2) is 0 Å². The number of amides is 1. The third kappa shape index (κ3) is 4.21. The number of hydrogen-bond donors (Lipinski definition) is 1. The molecule has 100 valence electrons. The van der Waals surface area contributed by atoms with Crippen LogP contribution in [-0.2, 0) is 0 Å². The fraction of sp³-hybridized carbons (Fsp3) is 0.308. The van der Waals surface area contributed by atoms with Crippen LogP contribution in [0.2, 0.25) is 0 Å². The molecular formula is C13H13IN2O3. The number of rotatable bonds is 5. The minimum atomic E-state index is -0.530. The van der Waals surface area contributed by atoms with Gasteiger partial charge in [-0.25, -0.2) is 0 Å². The molecule has 0 fully saturated rings. The Morgan fingerprint density at radius 2 is 2.32 bits per heavy atom. The van der Waals surface area contributed by atoms with Gasteiger partial charge in [-0.3, -0.25) is 14.9 Å². The van der Waals surface area contributed by atoms with Gasteiger partial charge in [0.05, 0.1) is 16.5 Å². The van der Waals surface area contributed by atoms with Gasteiger partial charge in [-0.2, -0.15) is 0 Å². The number of halogens is 1. The summed E-state index contributed by atoms with van der Waals surface area (Å²) < 4.78 is 0.646. The van der Waals surface area contributed by atoms with Crippen LogP contribution in [0.5, 0.6) is 0 Å². The molecule has 1 aromatic rings. The Bertz CT molecular complexity index is 537. The van der Waals surface area contributed by atoms with Gasteiger partial charge < -0.3 is 5.32 Å². The molecule has 1 unspecified atom stereocenters. The molecular weight excluding hydrogens is 359 g/mol. The Hall–Kier alpha value is -1.62. The van der Waals surface area contributed by atoms with Gasteiger partial charge >= 0.3 is 0 Å². The Kier molecular flexibility index (Phi) is 5.76. The van der Waals surface area contributed by atoms with Crippen LogP contribution in [0.25, 0.3) is 0 Å². The van der Waals surface area contributed by atoms with Crippen LogP contribution in [0.3, 0.4) is 0 Å². The van der Waals surface area contributed by atoms with Crippen LogP contribution < -0.4 is 5.32 Å². The lowest BCUT2D eigenvalue weighted by Gasteiger charge is -2.12. The summed E-state index contributed by atoms with van der Waals surface area (Å²) in [7, 11) is 0. The molecule has 0 spiro atoms. The predicted octanol–water partition coefficient (Wildman–Crippen LogP) is 2.73. The summed E-state index contributed by atoms with van der Waals surface area (Å²) in [4.78, 5) is 22.2. The van der Waals surface area contributed by atoms with Crippen molar-refractivity contribution in [3.05, 3.63) is 37.4 Å². The molecule has 0 saturated heterocycles. The number of carbonyl (C=O) groups is 1. The maximum Gasteiger partial charge on any atom is 0.270 e. The molecule has 0 heterocycles. The van der Waals surface area contributed by atoms with Crippen molar-refractivity contribution < 1.29 is 9.72 Å². The quantitative estimate of drug-likeness (QED) is 0.374. The molecule has 0 radical (unpaired) electrons. The predicted molar refractivity (Wildman–Crippen MR) is 80.8 cm³/mol. The summed E-state index contributed by atoms with van der Waals surface area (Å²) in [6.07, 6.45) is 6.85. The van der Waals surface area contributed by atoms with Crippen LogP contribution in [0.15, 0.2) is 18.2 Å². The Morgan fingerprint density at radius 1 is 1.63 bits per heavy atom. The van der Waals surface area contributed by atoms with Crippen molar-refractivity contribution in [1.29, 1.82) is 0 Å². The van der Waals surface area contributed by atoms with Crippen molar-refractivity contribution >= 4 is 34.2 Å². The van der Waals surface area contributed by atoms with E-state index in [1.807, 2.05) is 29.5 Å². The topological polar surface area (TPSA) is 72.2 Å². The molecule has 0 aliphatic carbocycles. The largest absolute Gasteiger partial charge is 0.338 e. The molecule has 1 amide bonds. The third-order valence-electron chi connectivity index (χ3n) is 2.49. The van der Waals surface area contributed by atoms with E-state index in [2.05, 4.69) is 11.2 Å². The summed E-state index contributed by atoms with van der Waals surface area (Å²) in [6.45, 7) is 1.97. The van der Waals surface area contributed by atoms with Gasteiger partial charge in [-0.15, -0.1) is 6.42 Å². The number of non-ortho nitro benzene ring substituents is 1. The van der Waals surface area contributed by atoms with E-state index in [-0.39, 0.29) is 23.2 Å². The van der Waals surface area contributed by atoms with E-state index >= 15 is 0 Å². The summed E-state index contributed by atoms with van der Waals surface area (Å²) in [5.74, 6) is 2.11. The third-order valence-corrected chi connectivity index (χ3v) is 3.43. The van der Waals surface area contributed by atoms with E-state index in [0.29, 0.717) is 9.99 Å². The molecule has 0 saturated carbocycles. The molecule has 0 aliphatic rings. The summed E-state index contributed by atoms with van der Waals surface area (Å²) >= 11 is 1.96. The minimum absolute atomic E-state index is 0.113. The molecule has 1 aromatic carbocycles. The van der Waals surface area contributed by atoms with E-state index in [1.54, 1.807) is 0 Å². The molecule has 19 heavy (non-hydrogen) atoms. The average molecular weight is 372 g/mol. The van der Waals surface area contributed by atoms with Gasteiger partial charge in [0.2, 0.25) is 0 Å². The number of terminal acetylenes is 1. The highest BCUT2D eigenvalue weighted by molar-refractivity contribution is 14.1. The first kappa shape index (κ1) is 15.4. The standard InChI is InChI=1S/C13H13IN2O3/c1-3-5-9(4-2)15-13(17)11-8-10(16(18)19)6-7-12(11)14/h2,6-9H,3,5H2,1H3,(H,15,17). The average Bonchev–Trinajstić information content (AvgIpc) is 2.38.